The molecule has 0 saturated heterocycles. The van der Waals surface area contributed by atoms with Crippen LogP contribution in [0.15, 0.2) is 60.3 Å². The maximum atomic E-state index is 13.1. The molecule has 7 heteroatoms. The summed E-state index contributed by atoms with van der Waals surface area (Å²) < 4.78 is 13.1. The lowest BCUT2D eigenvalue weighted by Gasteiger charge is -2.11. The van der Waals surface area contributed by atoms with Crippen molar-refractivity contribution in [3.63, 3.8) is 0 Å². The van der Waals surface area contributed by atoms with Gasteiger partial charge in [-0.1, -0.05) is 36.8 Å². The van der Waals surface area contributed by atoms with E-state index in [1.807, 2.05) is 0 Å². The van der Waals surface area contributed by atoms with E-state index in [2.05, 4.69) is 10.6 Å². The molecule has 0 fully saturated rings. The Bertz CT molecular complexity index is 864. The van der Waals surface area contributed by atoms with Gasteiger partial charge in [0.15, 0.2) is 0 Å². The van der Waals surface area contributed by atoms with Gasteiger partial charge in [-0.15, -0.1) is 0 Å². The summed E-state index contributed by atoms with van der Waals surface area (Å²) in [4.78, 5) is 35.4. The lowest BCUT2D eigenvalue weighted by Crippen LogP contribution is -2.35. The third-order valence-corrected chi connectivity index (χ3v) is 4.05. The van der Waals surface area contributed by atoms with Crippen LogP contribution in [0.5, 0.6) is 0 Å². The summed E-state index contributed by atoms with van der Waals surface area (Å²) in [5, 5.41) is 15.7. The Morgan fingerprint density at radius 2 is 1.62 bits per heavy atom. The van der Waals surface area contributed by atoms with E-state index >= 15 is 0 Å². The number of carboxylic acid groups (broad SMARTS) is 1. The zero-order valence-corrected chi connectivity index (χ0v) is 15.8. The number of aliphatic carboxylic acids is 1. The number of carbonyl (C=O) groups is 3. The second kappa shape index (κ2) is 11.4. The van der Waals surface area contributed by atoms with Crippen LogP contribution in [0.2, 0.25) is 0 Å². The minimum atomic E-state index is -1.10. The summed E-state index contributed by atoms with van der Waals surface area (Å²) in [5.41, 5.74) is 0.978. The van der Waals surface area contributed by atoms with Crippen molar-refractivity contribution < 1.29 is 23.9 Å². The van der Waals surface area contributed by atoms with E-state index < -0.39 is 23.6 Å². The molecule has 0 spiro atoms. The minimum absolute atomic E-state index is 0.0171. The minimum Gasteiger partial charge on any atom is -0.550 e. The first-order chi connectivity index (χ1) is 14.0. The van der Waals surface area contributed by atoms with Crippen molar-refractivity contribution in [1.82, 2.24) is 10.6 Å². The highest BCUT2D eigenvalue weighted by Crippen LogP contribution is 2.09. The van der Waals surface area contributed by atoms with E-state index in [1.54, 1.807) is 30.3 Å². The van der Waals surface area contributed by atoms with Crippen LogP contribution in [-0.2, 0) is 9.59 Å². The van der Waals surface area contributed by atoms with Crippen LogP contribution in [-0.4, -0.2) is 24.3 Å². The number of benzene rings is 2. The smallest absolute Gasteiger partial charge is 0.267 e. The van der Waals surface area contributed by atoms with Gasteiger partial charge >= 0.3 is 0 Å². The molecule has 0 radical (unpaired) electrons. The second-order valence-electron chi connectivity index (χ2n) is 6.37. The molecular weight excluding hydrogens is 375 g/mol. The average molecular weight is 397 g/mol. The number of hydrogen-bond acceptors (Lipinski definition) is 4. The topological polar surface area (TPSA) is 98.3 Å². The molecular formula is C22H22FN2O4-. The second-order valence-corrected chi connectivity index (χ2v) is 6.37. The number of amides is 2. The third kappa shape index (κ3) is 7.96. The fourth-order valence-corrected chi connectivity index (χ4v) is 2.54. The van der Waals surface area contributed by atoms with Gasteiger partial charge in [-0.25, -0.2) is 4.39 Å². The van der Waals surface area contributed by atoms with Gasteiger partial charge in [0.05, 0.1) is 0 Å². The Kier molecular flexibility index (Phi) is 8.56. The van der Waals surface area contributed by atoms with Gasteiger partial charge < -0.3 is 20.5 Å². The highest BCUT2D eigenvalue weighted by atomic mass is 19.1. The first-order valence-corrected chi connectivity index (χ1v) is 9.27. The average Bonchev–Trinajstić information content (AvgIpc) is 2.71. The molecule has 0 aromatic heterocycles. The van der Waals surface area contributed by atoms with Crippen molar-refractivity contribution in [2.45, 2.75) is 25.7 Å². The summed E-state index contributed by atoms with van der Waals surface area (Å²) in [6, 6.07) is 14.0. The van der Waals surface area contributed by atoms with Gasteiger partial charge in [-0.3, -0.25) is 9.59 Å². The highest BCUT2D eigenvalue weighted by Gasteiger charge is 2.14. The van der Waals surface area contributed by atoms with Crippen LogP contribution >= 0.6 is 0 Å². The molecule has 0 heterocycles. The van der Waals surface area contributed by atoms with Crippen molar-refractivity contribution in [1.29, 1.82) is 0 Å². The zero-order valence-electron chi connectivity index (χ0n) is 15.8. The van der Waals surface area contributed by atoms with Gasteiger partial charge in [-0.05, 0) is 55.2 Å². The van der Waals surface area contributed by atoms with Crippen LogP contribution < -0.4 is 15.7 Å². The molecule has 29 heavy (non-hydrogen) atoms. The van der Waals surface area contributed by atoms with Gasteiger partial charge in [0.2, 0.25) is 0 Å². The molecule has 2 aromatic rings. The molecule has 6 nitrogen and oxygen atoms in total. The molecule has 0 unspecified atom stereocenters. The lowest BCUT2D eigenvalue weighted by atomic mass is 10.1. The maximum absolute atomic E-state index is 13.1. The number of unbranched alkanes of at least 4 members (excludes halogenated alkanes) is 2. The van der Waals surface area contributed by atoms with Crippen molar-refractivity contribution in [2.75, 3.05) is 6.54 Å². The molecule has 2 amide bonds. The third-order valence-electron chi connectivity index (χ3n) is 4.05. The van der Waals surface area contributed by atoms with Gasteiger partial charge in [0.1, 0.15) is 11.5 Å². The van der Waals surface area contributed by atoms with Crippen molar-refractivity contribution in [2.24, 2.45) is 0 Å². The highest BCUT2D eigenvalue weighted by molar-refractivity contribution is 6.05. The van der Waals surface area contributed by atoms with E-state index in [0.717, 1.165) is 0 Å². The van der Waals surface area contributed by atoms with Crippen LogP contribution in [0.25, 0.3) is 6.08 Å². The summed E-state index contributed by atoms with van der Waals surface area (Å²) >= 11 is 0. The Morgan fingerprint density at radius 1 is 0.931 bits per heavy atom. The fourth-order valence-electron chi connectivity index (χ4n) is 2.54. The number of hydrogen-bond donors (Lipinski definition) is 2. The monoisotopic (exact) mass is 397 g/mol. The molecule has 2 N–H and O–H groups in total. The van der Waals surface area contributed by atoms with E-state index in [0.29, 0.717) is 36.9 Å². The Hall–Kier alpha value is -3.48. The maximum Gasteiger partial charge on any atom is 0.267 e. The predicted octanol–water partition coefficient (Wildman–Crippen LogP) is 2.02. The van der Waals surface area contributed by atoms with E-state index in [-0.39, 0.29) is 12.1 Å². The summed E-state index contributed by atoms with van der Waals surface area (Å²) in [6.07, 6.45) is 3.14. The van der Waals surface area contributed by atoms with Crippen LogP contribution in [0.3, 0.4) is 0 Å². The predicted molar refractivity (Wildman–Crippen MR) is 105 cm³/mol. The molecule has 0 bridgehead atoms. The summed E-state index contributed by atoms with van der Waals surface area (Å²) in [5.74, 6) is -2.43. The van der Waals surface area contributed by atoms with E-state index in [4.69, 9.17) is 0 Å². The molecule has 0 aliphatic carbocycles. The number of carbonyl (C=O) groups excluding carboxylic acids is 3. The molecule has 152 valence electrons. The normalized spacial score (nSPS) is 11.0. The fraction of sp³-hybridized carbons (Fsp3) is 0.227. The number of halogens is 1. The Labute approximate surface area is 168 Å². The standard InChI is InChI=1S/C22H23FN2O4/c23-18-12-10-16(11-13-18)15-19(25-21(28)17-7-3-1-4-8-17)22(29)24-14-6-2-5-9-20(26)27/h1,3-4,7-8,10-13,15H,2,5-6,9,14H2,(H,24,29)(H,25,28)(H,26,27)/p-1/b19-15-. The van der Waals surface area contributed by atoms with Crippen LogP contribution in [0.4, 0.5) is 4.39 Å². The number of rotatable bonds is 10. The SMILES string of the molecule is O=C([O-])CCCCCNC(=O)/C(=C/c1ccc(F)cc1)NC(=O)c1ccccc1. The van der Waals surface area contributed by atoms with Crippen LogP contribution in [0.1, 0.15) is 41.6 Å². The quantitative estimate of drug-likeness (QED) is 0.473. The van der Waals surface area contributed by atoms with Gasteiger partial charge in [-0.2, -0.15) is 0 Å². The molecule has 0 saturated carbocycles. The molecule has 0 atom stereocenters. The van der Waals surface area contributed by atoms with Crippen molar-refractivity contribution >= 4 is 23.9 Å². The first kappa shape index (κ1) is 21.8. The number of carboxylic acids is 1. The molecule has 0 aliphatic rings. The first-order valence-electron chi connectivity index (χ1n) is 9.27. The van der Waals surface area contributed by atoms with Crippen molar-refractivity contribution in [3.8, 4) is 0 Å². The van der Waals surface area contributed by atoms with Crippen LogP contribution in [0, 0.1) is 5.82 Å². The van der Waals surface area contributed by atoms with E-state index in [1.165, 1.54) is 30.3 Å². The molecule has 2 rings (SSSR count). The Balaban J connectivity index is 2.03. The Morgan fingerprint density at radius 3 is 2.28 bits per heavy atom. The lowest BCUT2D eigenvalue weighted by molar-refractivity contribution is -0.305. The number of nitrogens with one attached hydrogen (secondary N) is 2. The van der Waals surface area contributed by atoms with Crippen molar-refractivity contribution in [3.05, 3.63) is 77.2 Å². The van der Waals surface area contributed by atoms with E-state index in [9.17, 15) is 23.9 Å². The summed E-state index contributed by atoms with van der Waals surface area (Å²) in [7, 11) is 0. The molecule has 0 aliphatic heterocycles. The van der Waals surface area contributed by atoms with Gasteiger partial charge in [0.25, 0.3) is 11.8 Å². The molecule has 2 aromatic carbocycles. The van der Waals surface area contributed by atoms with Gasteiger partial charge in [0, 0.05) is 18.1 Å². The summed E-state index contributed by atoms with van der Waals surface area (Å²) in [6.45, 7) is 0.327. The largest absolute Gasteiger partial charge is 0.550 e. The zero-order chi connectivity index (χ0) is 21.1.